The van der Waals surface area contributed by atoms with Gasteiger partial charge < -0.3 is 15.0 Å². The highest BCUT2D eigenvalue weighted by molar-refractivity contribution is 5.68. The van der Waals surface area contributed by atoms with E-state index >= 15 is 0 Å². The lowest BCUT2D eigenvalue weighted by Gasteiger charge is -2.05. The molecule has 0 bridgehead atoms. The summed E-state index contributed by atoms with van der Waals surface area (Å²) < 4.78 is 23.4. The highest BCUT2D eigenvalue weighted by Crippen LogP contribution is 2.31. The zero-order chi connectivity index (χ0) is 14.8. The van der Waals surface area contributed by atoms with Crippen molar-refractivity contribution in [2.45, 2.75) is 0 Å². The molecule has 0 aliphatic heterocycles. The summed E-state index contributed by atoms with van der Waals surface area (Å²) in [6.07, 6.45) is 0. The summed E-state index contributed by atoms with van der Waals surface area (Å²) >= 11 is 0. The molecule has 106 valence electrons. The van der Waals surface area contributed by atoms with Gasteiger partial charge in [-0.2, -0.15) is 4.98 Å². The Kier molecular flexibility index (Phi) is 3.27. The first-order valence-electron chi connectivity index (χ1n) is 6.21. The minimum Gasteiger partial charge on any atom is -0.496 e. The number of benzene rings is 2. The zero-order valence-electron chi connectivity index (χ0n) is 11.2. The van der Waals surface area contributed by atoms with Crippen LogP contribution in [0.5, 0.6) is 5.75 Å². The molecule has 5 nitrogen and oxygen atoms in total. The molecule has 0 saturated carbocycles. The Morgan fingerprint density at radius 3 is 2.62 bits per heavy atom. The summed E-state index contributed by atoms with van der Waals surface area (Å²) in [5.74, 6) is 0.919. The Hall–Kier alpha value is -2.89. The zero-order valence-corrected chi connectivity index (χ0v) is 11.2. The lowest BCUT2D eigenvalue weighted by atomic mass is 10.1. The van der Waals surface area contributed by atoms with Gasteiger partial charge in [-0.25, -0.2) is 4.39 Å². The third kappa shape index (κ3) is 2.55. The van der Waals surface area contributed by atoms with Crippen molar-refractivity contribution < 1.29 is 13.7 Å². The summed E-state index contributed by atoms with van der Waals surface area (Å²) in [5.41, 5.74) is 7.60. The van der Waals surface area contributed by atoms with Gasteiger partial charge in [0.25, 0.3) is 5.89 Å². The fourth-order valence-corrected chi connectivity index (χ4v) is 1.93. The number of ether oxygens (including phenoxy) is 1. The van der Waals surface area contributed by atoms with E-state index in [1.165, 1.54) is 19.2 Å². The number of nitrogen functional groups attached to an aromatic ring is 1. The monoisotopic (exact) mass is 285 g/mol. The summed E-state index contributed by atoms with van der Waals surface area (Å²) in [6, 6.07) is 11.0. The molecular formula is C15H12FN3O2. The molecule has 0 aliphatic rings. The molecule has 0 unspecified atom stereocenters. The van der Waals surface area contributed by atoms with Crippen molar-refractivity contribution in [1.82, 2.24) is 10.1 Å². The topological polar surface area (TPSA) is 74.2 Å². The van der Waals surface area contributed by atoms with Crippen LogP contribution in [0.4, 0.5) is 10.1 Å². The van der Waals surface area contributed by atoms with Gasteiger partial charge in [-0.1, -0.05) is 5.16 Å². The normalized spacial score (nSPS) is 10.6. The molecular weight excluding hydrogens is 273 g/mol. The first-order chi connectivity index (χ1) is 10.2. The Labute approximate surface area is 120 Å². The van der Waals surface area contributed by atoms with Gasteiger partial charge in [0.15, 0.2) is 0 Å². The molecule has 6 heteroatoms. The van der Waals surface area contributed by atoms with E-state index in [-0.39, 0.29) is 5.82 Å². The number of halogens is 1. The van der Waals surface area contributed by atoms with Crippen molar-refractivity contribution in [1.29, 1.82) is 0 Å². The molecule has 3 aromatic rings. The van der Waals surface area contributed by atoms with Crippen LogP contribution in [0, 0.1) is 5.82 Å². The van der Waals surface area contributed by atoms with Gasteiger partial charge in [-0.3, -0.25) is 0 Å². The number of hydrogen-bond acceptors (Lipinski definition) is 5. The Balaban J connectivity index is 2.00. The predicted molar refractivity (Wildman–Crippen MR) is 76.1 cm³/mol. The van der Waals surface area contributed by atoms with Gasteiger partial charge in [0.05, 0.1) is 12.7 Å². The van der Waals surface area contributed by atoms with Crippen molar-refractivity contribution in [3.63, 3.8) is 0 Å². The van der Waals surface area contributed by atoms with Crippen molar-refractivity contribution in [2.24, 2.45) is 0 Å². The van der Waals surface area contributed by atoms with Crippen LogP contribution in [0.1, 0.15) is 0 Å². The number of anilines is 1. The molecule has 2 aromatic carbocycles. The largest absolute Gasteiger partial charge is 0.496 e. The van der Waals surface area contributed by atoms with Crippen LogP contribution in [0.2, 0.25) is 0 Å². The van der Waals surface area contributed by atoms with Crippen molar-refractivity contribution in [2.75, 3.05) is 12.8 Å². The molecule has 21 heavy (non-hydrogen) atoms. The number of aromatic nitrogens is 2. The van der Waals surface area contributed by atoms with E-state index in [4.69, 9.17) is 15.0 Å². The Morgan fingerprint density at radius 2 is 1.90 bits per heavy atom. The standard InChI is InChI=1S/C15H12FN3O2/c1-20-13-8-11(17)6-7-12(13)15-18-14(19-21-15)9-2-4-10(16)5-3-9/h2-8H,17H2,1H3. The molecule has 1 aromatic heterocycles. The van der Waals surface area contributed by atoms with Gasteiger partial charge in [0.1, 0.15) is 11.6 Å². The summed E-state index contributed by atoms with van der Waals surface area (Å²) in [7, 11) is 1.54. The van der Waals surface area contributed by atoms with E-state index in [9.17, 15) is 4.39 Å². The molecule has 0 radical (unpaired) electrons. The van der Waals surface area contributed by atoms with E-state index in [0.717, 1.165) is 0 Å². The summed E-state index contributed by atoms with van der Waals surface area (Å²) in [5, 5.41) is 3.89. The predicted octanol–water partition coefficient (Wildman–Crippen LogP) is 3.13. The highest BCUT2D eigenvalue weighted by atomic mass is 19.1. The minimum atomic E-state index is -0.317. The minimum absolute atomic E-state index is 0.311. The maximum atomic E-state index is 12.9. The summed E-state index contributed by atoms with van der Waals surface area (Å²) in [6.45, 7) is 0. The molecule has 0 spiro atoms. The number of nitrogens with zero attached hydrogens (tertiary/aromatic N) is 2. The second kappa shape index (κ2) is 5.24. The van der Waals surface area contributed by atoms with E-state index in [1.54, 1.807) is 30.3 Å². The molecule has 2 N–H and O–H groups in total. The van der Waals surface area contributed by atoms with Crippen LogP contribution in [0.25, 0.3) is 22.8 Å². The molecule has 1 heterocycles. The Bertz CT molecular complexity index is 769. The van der Waals surface area contributed by atoms with Gasteiger partial charge in [-0.15, -0.1) is 0 Å². The van der Waals surface area contributed by atoms with E-state index in [0.29, 0.717) is 34.3 Å². The highest BCUT2D eigenvalue weighted by Gasteiger charge is 2.15. The molecule has 0 amide bonds. The van der Waals surface area contributed by atoms with Gasteiger partial charge in [-0.05, 0) is 36.4 Å². The number of methoxy groups -OCH3 is 1. The number of hydrogen-bond donors (Lipinski definition) is 1. The number of nitrogens with two attached hydrogens (primary N) is 1. The second-order valence-electron chi connectivity index (χ2n) is 4.39. The Morgan fingerprint density at radius 1 is 1.14 bits per heavy atom. The first-order valence-corrected chi connectivity index (χ1v) is 6.21. The van der Waals surface area contributed by atoms with Crippen LogP contribution in [0.3, 0.4) is 0 Å². The molecule has 3 rings (SSSR count). The van der Waals surface area contributed by atoms with Crippen LogP contribution >= 0.6 is 0 Å². The van der Waals surface area contributed by atoms with Gasteiger partial charge in [0.2, 0.25) is 5.82 Å². The quantitative estimate of drug-likeness (QED) is 0.748. The average Bonchev–Trinajstić information content (AvgIpc) is 2.97. The molecule has 0 fully saturated rings. The van der Waals surface area contributed by atoms with Crippen LogP contribution in [0.15, 0.2) is 47.0 Å². The van der Waals surface area contributed by atoms with Crippen LogP contribution < -0.4 is 10.5 Å². The van der Waals surface area contributed by atoms with E-state index in [1.807, 2.05) is 0 Å². The lowest BCUT2D eigenvalue weighted by Crippen LogP contribution is -1.91. The third-order valence-corrected chi connectivity index (χ3v) is 2.98. The van der Waals surface area contributed by atoms with Gasteiger partial charge in [0, 0.05) is 17.3 Å². The lowest BCUT2D eigenvalue weighted by molar-refractivity contribution is 0.405. The van der Waals surface area contributed by atoms with E-state index < -0.39 is 0 Å². The maximum Gasteiger partial charge on any atom is 0.262 e. The van der Waals surface area contributed by atoms with E-state index in [2.05, 4.69) is 10.1 Å². The van der Waals surface area contributed by atoms with Crippen molar-refractivity contribution >= 4 is 5.69 Å². The second-order valence-corrected chi connectivity index (χ2v) is 4.39. The smallest absolute Gasteiger partial charge is 0.262 e. The van der Waals surface area contributed by atoms with Crippen LogP contribution in [-0.4, -0.2) is 17.3 Å². The first kappa shape index (κ1) is 13.1. The van der Waals surface area contributed by atoms with Crippen molar-refractivity contribution in [3.05, 3.63) is 48.3 Å². The summed E-state index contributed by atoms with van der Waals surface area (Å²) in [4.78, 5) is 4.30. The van der Waals surface area contributed by atoms with Crippen molar-refractivity contribution in [3.8, 4) is 28.6 Å². The SMILES string of the molecule is COc1cc(N)ccc1-c1nc(-c2ccc(F)cc2)no1. The molecule has 0 aliphatic carbocycles. The fraction of sp³-hybridized carbons (Fsp3) is 0.0667. The van der Waals surface area contributed by atoms with Crippen LogP contribution in [-0.2, 0) is 0 Å². The average molecular weight is 285 g/mol. The molecule has 0 atom stereocenters. The number of rotatable bonds is 3. The maximum absolute atomic E-state index is 12.9. The van der Waals surface area contributed by atoms with Gasteiger partial charge >= 0.3 is 0 Å². The third-order valence-electron chi connectivity index (χ3n) is 2.98. The molecule has 0 saturated heterocycles. The fourth-order valence-electron chi connectivity index (χ4n) is 1.93.